The van der Waals surface area contributed by atoms with E-state index in [1.807, 2.05) is 10.9 Å². The molecule has 0 aliphatic carbocycles. The van der Waals surface area contributed by atoms with Crippen LogP contribution in [-0.2, 0) is 13.0 Å². The Kier molecular flexibility index (Phi) is 4.53. The fraction of sp³-hybridized carbons (Fsp3) is 0.350. The maximum absolute atomic E-state index is 5.98. The van der Waals surface area contributed by atoms with Crippen LogP contribution in [0.15, 0.2) is 36.8 Å². The van der Waals surface area contributed by atoms with Crippen molar-refractivity contribution in [3.05, 3.63) is 47.9 Å². The van der Waals surface area contributed by atoms with Gasteiger partial charge in [-0.3, -0.25) is 4.68 Å². The number of aromatic nitrogens is 4. The fourth-order valence-electron chi connectivity index (χ4n) is 3.22. The Morgan fingerprint density at radius 2 is 2.04 bits per heavy atom. The number of nitrogens with two attached hydrogens (primary N) is 1. The summed E-state index contributed by atoms with van der Waals surface area (Å²) in [5, 5.41) is 4.28. The van der Waals surface area contributed by atoms with Crippen LogP contribution in [0.4, 0.5) is 5.82 Å². The van der Waals surface area contributed by atoms with Gasteiger partial charge in [-0.05, 0) is 44.5 Å². The first kappa shape index (κ1) is 17.5. The lowest BCUT2D eigenvalue weighted by molar-refractivity contribution is 0.313. The minimum absolute atomic E-state index is 0.256. The number of hydrogen-bond acceptors (Lipinski definition) is 6. The van der Waals surface area contributed by atoms with E-state index in [9.17, 15) is 0 Å². The summed E-state index contributed by atoms with van der Waals surface area (Å²) >= 11 is 0. The number of hydrogen-bond donors (Lipinski definition) is 1. The van der Waals surface area contributed by atoms with Gasteiger partial charge in [0.25, 0.3) is 5.88 Å². The van der Waals surface area contributed by atoms with Crippen LogP contribution in [0.5, 0.6) is 11.6 Å². The zero-order valence-corrected chi connectivity index (χ0v) is 15.9. The third-order valence-corrected chi connectivity index (χ3v) is 4.79. The van der Waals surface area contributed by atoms with Crippen molar-refractivity contribution < 1.29 is 4.74 Å². The lowest BCUT2D eigenvalue weighted by Crippen LogP contribution is -2.26. The smallest absolute Gasteiger partial charge is 0.263 e. The molecule has 0 fully saturated rings. The molecule has 0 bridgehead atoms. The van der Waals surface area contributed by atoms with E-state index >= 15 is 0 Å². The van der Waals surface area contributed by atoms with E-state index in [1.54, 1.807) is 12.4 Å². The van der Waals surface area contributed by atoms with Crippen molar-refractivity contribution in [1.82, 2.24) is 24.6 Å². The molecule has 0 atom stereocenters. The van der Waals surface area contributed by atoms with Gasteiger partial charge in [-0.25, -0.2) is 9.97 Å². The molecule has 0 radical (unpaired) electrons. The Labute approximate surface area is 158 Å². The number of anilines is 1. The highest BCUT2D eigenvalue weighted by Crippen LogP contribution is 2.29. The highest BCUT2D eigenvalue weighted by molar-refractivity contribution is 5.63. The molecule has 140 valence electrons. The molecule has 0 spiro atoms. The summed E-state index contributed by atoms with van der Waals surface area (Å²) in [5.41, 5.74) is 10.5. The van der Waals surface area contributed by atoms with Gasteiger partial charge in [0.05, 0.1) is 24.3 Å². The SMILES string of the molecule is CC(C)n1cc(Oc2nc(-c3ccc4c(c3)CCN(C)C4)cnc2N)cn1. The molecule has 27 heavy (non-hydrogen) atoms. The molecular formula is C20H24N6O. The van der Waals surface area contributed by atoms with Crippen LogP contribution in [-0.4, -0.2) is 38.2 Å². The molecule has 2 aromatic heterocycles. The van der Waals surface area contributed by atoms with Gasteiger partial charge in [-0.2, -0.15) is 5.10 Å². The number of ether oxygens (including phenoxy) is 1. The normalized spacial score (nSPS) is 14.4. The van der Waals surface area contributed by atoms with Crippen LogP contribution in [0.3, 0.4) is 0 Å². The molecule has 7 heteroatoms. The van der Waals surface area contributed by atoms with Crippen LogP contribution in [0.2, 0.25) is 0 Å². The standard InChI is InChI=1S/C20H24N6O/c1-13(2)26-12-17(9-23-26)27-20-19(21)22-10-18(24-20)15-4-5-16-11-25(3)7-6-14(16)8-15/h4-5,8-10,12-13H,6-7,11H2,1-3H3,(H2,21,22). The third-order valence-electron chi connectivity index (χ3n) is 4.79. The van der Waals surface area contributed by atoms with Gasteiger partial charge in [0.2, 0.25) is 0 Å². The topological polar surface area (TPSA) is 82.1 Å². The molecule has 7 nitrogen and oxygen atoms in total. The Morgan fingerprint density at radius 1 is 1.19 bits per heavy atom. The maximum Gasteiger partial charge on any atom is 0.263 e. The highest BCUT2D eigenvalue weighted by atomic mass is 16.5. The number of nitrogens with zero attached hydrogens (tertiary/aromatic N) is 5. The van der Waals surface area contributed by atoms with E-state index in [4.69, 9.17) is 10.5 Å². The third kappa shape index (κ3) is 3.64. The minimum Gasteiger partial charge on any atom is -0.433 e. The molecule has 3 heterocycles. The van der Waals surface area contributed by atoms with Crippen LogP contribution >= 0.6 is 0 Å². The average molecular weight is 364 g/mol. The van der Waals surface area contributed by atoms with Crippen molar-refractivity contribution in [3.63, 3.8) is 0 Å². The van der Waals surface area contributed by atoms with Gasteiger partial charge in [0.1, 0.15) is 0 Å². The van der Waals surface area contributed by atoms with E-state index in [0.717, 1.165) is 30.8 Å². The van der Waals surface area contributed by atoms with E-state index in [0.29, 0.717) is 11.6 Å². The lowest BCUT2D eigenvalue weighted by atomic mass is 9.97. The molecular weight excluding hydrogens is 340 g/mol. The number of nitrogen functional groups attached to an aromatic ring is 1. The molecule has 0 amide bonds. The summed E-state index contributed by atoms with van der Waals surface area (Å²) in [6.45, 7) is 6.16. The van der Waals surface area contributed by atoms with Crippen LogP contribution in [0, 0.1) is 0 Å². The molecule has 1 aromatic carbocycles. The molecule has 1 aliphatic heterocycles. The first-order chi connectivity index (χ1) is 13.0. The summed E-state index contributed by atoms with van der Waals surface area (Å²) in [4.78, 5) is 11.2. The zero-order valence-electron chi connectivity index (χ0n) is 15.9. The molecule has 3 aromatic rings. The number of fused-ring (bicyclic) bond motifs is 1. The highest BCUT2D eigenvalue weighted by Gasteiger charge is 2.16. The van der Waals surface area contributed by atoms with E-state index in [2.05, 4.69) is 59.1 Å². The Bertz CT molecular complexity index is 965. The summed E-state index contributed by atoms with van der Waals surface area (Å²) in [6, 6.07) is 6.71. The van der Waals surface area contributed by atoms with Gasteiger partial charge in [0.15, 0.2) is 11.6 Å². The molecule has 4 rings (SSSR count). The summed E-state index contributed by atoms with van der Waals surface area (Å²) in [7, 11) is 2.15. The van der Waals surface area contributed by atoms with Crippen molar-refractivity contribution in [2.75, 3.05) is 19.3 Å². The summed E-state index contributed by atoms with van der Waals surface area (Å²) in [5.74, 6) is 1.15. The summed E-state index contributed by atoms with van der Waals surface area (Å²) in [6.07, 6.45) is 6.22. The van der Waals surface area contributed by atoms with E-state index in [1.165, 1.54) is 11.1 Å². The van der Waals surface area contributed by atoms with Crippen molar-refractivity contribution in [1.29, 1.82) is 0 Å². The van der Waals surface area contributed by atoms with E-state index < -0.39 is 0 Å². The Balaban J connectivity index is 1.62. The van der Waals surface area contributed by atoms with Crippen molar-refractivity contribution in [2.24, 2.45) is 0 Å². The second kappa shape index (κ2) is 7.00. The van der Waals surface area contributed by atoms with Gasteiger partial charge >= 0.3 is 0 Å². The second-order valence-electron chi connectivity index (χ2n) is 7.27. The van der Waals surface area contributed by atoms with Crippen LogP contribution in [0.25, 0.3) is 11.3 Å². The Hall–Kier alpha value is -2.93. The average Bonchev–Trinajstić information content (AvgIpc) is 3.12. The summed E-state index contributed by atoms with van der Waals surface area (Å²) < 4.78 is 7.66. The van der Waals surface area contributed by atoms with Crippen molar-refractivity contribution >= 4 is 5.82 Å². The minimum atomic E-state index is 0.256. The maximum atomic E-state index is 5.98. The predicted octanol–water partition coefficient (Wildman–Crippen LogP) is 3.28. The van der Waals surface area contributed by atoms with Crippen molar-refractivity contribution in [2.45, 2.75) is 32.9 Å². The largest absolute Gasteiger partial charge is 0.433 e. The van der Waals surface area contributed by atoms with Crippen LogP contribution in [0.1, 0.15) is 31.0 Å². The van der Waals surface area contributed by atoms with Gasteiger partial charge in [-0.15, -0.1) is 0 Å². The predicted molar refractivity (Wildman–Crippen MR) is 105 cm³/mol. The first-order valence-electron chi connectivity index (χ1n) is 9.15. The van der Waals surface area contributed by atoms with Crippen molar-refractivity contribution in [3.8, 4) is 22.9 Å². The number of benzene rings is 1. The number of rotatable bonds is 4. The Morgan fingerprint density at radius 3 is 2.81 bits per heavy atom. The molecule has 1 aliphatic rings. The first-order valence-corrected chi connectivity index (χ1v) is 9.15. The molecule has 2 N–H and O–H groups in total. The monoisotopic (exact) mass is 364 g/mol. The number of likely N-dealkylation sites (N-methyl/N-ethyl adjacent to an activating group) is 1. The van der Waals surface area contributed by atoms with Gasteiger partial charge in [0, 0.05) is 24.7 Å². The zero-order chi connectivity index (χ0) is 19.0. The van der Waals surface area contributed by atoms with Crippen LogP contribution < -0.4 is 10.5 Å². The molecule has 0 unspecified atom stereocenters. The molecule has 0 saturated heterocycles. The molecule has 0 saturated carbocycles. The van der Waals surface area contributed by atoms with Gasteiger partial charge in [-0.1, -0.05) is 12.1 Å². The second-order valence-corrected chi connectivity index (χ2v) is 7.27. The fourth-order valence-corrected chi connectivity index (χ4v) is 3.22. The van der Waals surface area contributed by atoms with E-state index in [-0.39, 0.29) is 11.9 Å². The van der Waals surface area contributed by atoms with Gasteiger partial charge < -0.3 is 15.4 Å². The lowest BCUT2D eigenvalue weighted by Gasteiger charge is -2.25. The quantitative estimate of drug-likeness (QED) is 0.765.